The molecule has 0 saturated carbocycles. The zero-order chi connectivity index (χ0) is 16.8. The van der Waals surface area contributed by atoms with Crippen molar-refractivity contribution in [2.75, 3.05) is 33.6 Å². The molecule has 0 spiro atoms. The van der Waals surface area contributed by atoms with Crippen molar-refractivity contribution in [3.63, 3.8) is 0 Å². The van der Waals surface area contributed by atoms with Crippen molar-refractivity contribution in [1.82, 2.24) is 9.88 Å². The maximum absolute atomic E-state index is 12.1. The van der Waals surface area contributed by atoms with Crippen LogP contribution in [-0.4, -0.2) is 44.1 Å². The van der Waals surface area contributed by atoms with Crippen LogP contribution >= 0.6 is 11.3 Å². The summed E-state index contributed by atoms with van der Waals surface area (Å²) < 4.78 is 10.4. The predicted octanol–water partition coefficient (Wildman–Crippen LogP) is 2.40. The summed E-state index contributed by atoms with van der Waals surface area (Å²) in [6, 6.07) is 5.44. The highest BCUT2D eigenvalue weighted by Crippen LogP contribution is 2.27. The molecule has 1 aromatic heterocycles. The largest absolute Gasteiger partial charge is 0.493 e. The maximum Gasteiger partial charge on any atom is 0.230 e. The molecule has 1 N–H and O–H groups in total. The number of carbonyl (C=O) groups is 1. The number of amides is 1. The van der Waals surface area contributed by atoms with Gasteiger partial charge in [-0.3, -0.25) is 4.79 Å². The zero-order valence-corrected chi connectivity index (χ0v) is 14.6. The molecule has 0 saturated heterocycles. The van der Waals surface area contributed by atoms with Crippen LogP contribution in [0.1, 0.15) is 11.3 Å². The number of hydrogen-bond acceptors (Lipinski definition) is 6. The summed E-state index contributed by atoms with van der Waals surface area (Å²) in [7, 11) is 7.12. The first-order chi connectivity index (χ1) is 11.0. The van der Waals surface area contributed by atoms with E-state index in [9.17, 15) is 4.79 Å². The number of hydrogen-bond donors (Lipinski definition) is 1. The van der Waals surface area contributed by atoms with E-state index in [1.54, 1.807) is 26.4 Å². The summed E-state index contributed by atoms with van der Waals surface area (Å²) in [5, 5.41) is 5.40. The van der Waals surface area contributed by atoms with Crippen molar-refractivity contribution in [2.45, 2.75) is 13.0 Å². The molecule has 0 fully saturated rings. The fourth-order valence-corrected chi connectivity index (χ4v) is 2.82. The third-order valence-electron chi connectivity index (χ3n) is 3.09. The highest BCUT2D eigenvalue weighted by atomic mass is 32.1. The number of rotatable bonds is 7. The van der Waals surface area contributed by atoms with Gasteiger partial charge in [-0.15, -0.1) is 11.3 Å². The summed E-state index contributed by atoms with van der Waals surface area (Å²) in [5.74, 6) is 1.15. The Labute approximate surface area is 140 Å². The zero-order valence-electron chi connectivity index (χ0n) is 13.8. The average Bonchev–Trinajstić information content (AvgIpc) is 2.93. The van der Waals surface area contributed by atoms with E-state index in [0.717, 1.165) is 17.8 Å². The van der Waals surface area contributed by atoms with Crippen LogP contribution in [0.15, 0.2) is 23.6 Å². The Balaban J connectivity index is 1.98. The van der Waals surface area contributed by atoms with E-state index < -0.39 is 0 Å². The van der Waals surface area contributed by atoms with Gasteiger partial charge in [-0.25, -0.2) is 4.98 Å². The highest BCUT2D eigenvalue weighted by Gasteiger charge is 2.10. The number of carbonyl (C=O) groups excluding carboxylic acids is 1. The number of thiazole rings is 1. The average molecular weight is 335 g/mol. The smallest absolute Gasteiger partial charge is 0.230 e. The topological polar surface area (TPSA) is 63.7 Å². The summed E-state index contributed by atoms with van der Waals surface area (Å²) in [4.78, 5) is 18.6. The van der Waals surface area contributed by atoms with Gasteiger partial charge in [0.25, 0.3) is 0 Å². The summed E-state index contributed by atoms with van der Waals surface area (Å²) in [5.41, 5.74) is 1.80. The fourth-order valence-electron chi connectivity index (χ4n) is 2.10. The Morgan fingerprint density at radius 2 is 2.00 bits per heavy atom. The van der Waals surface area contributed by atoms with Gasteiger partial charge in [-0.2, -0.15) is 0 Å². The molecular weight excluding hydrogens is 314 g/mol. The van der Waals surface area contributed by atoms with Crippen molar-refractivity contribution in [1.29, 1.82) is 0 Å². The molecule has 2 aromatic rings. The first-order valence-electron chi connectivity index (χ1n) is 7.11. The Morgan fingerprint density at radius 3 is 2.65 bits per heavy atom. The SMILES string of the molecule is COc1ccc(CC(=O)Nc2nc(CN(C)C)cs2)cc1OC. The number of ether oxygens (including phenoxy) is 2. The molecule has 23 heavy (non-hydrogen) atoms. The van der Waals surface area contributed by atoms with E-state index in [-0.39, 0.29) is 12.3 Å². The second-order valence-electron chi connectivity index (χ2n) is 5.30. The van der Waals surface area contributed by atoms with Gasteiger partial charge in [0.15, 0.2) is 16.6 Å². The van der Waals surface area contributed by atoms with E-state index in [2.05, 4.69) is 10.3 Å². The minimum atomic E-state index is -0.108. The van der Waals surface area contributed by atoms with E-state index in [1.165, 1.54) is 11.3 Å². The van der Waals surface area contributed by atoms with Crippen LogP contribution in [0.3, 0.4) is 0 Å². The van der Waals surface area contributed by atoms with Crippen LogP contribution < -0.4 is 14.8 Å². The standard InChI is InChI=1S/C16H21N3O3S/c1-19(2)9-12-10-23-16(17-12)18-15(20)8-11-5-6-13(21-3)14(7-11)22-4/h5-7,10H,8-9H2,1-4H3,(H,17,18,20). The van der Waals surface area contributed by atoms with E-state index in [0.29, 0.717) is 16.6 Å². The van der Waals surface area contributed by atoms with Crippen LogP contribution in [0.25, 0.3) is 0 Å². The lowest BCUT2D eigenvalue weighted by Gasteiger charge is -2.09. The lowest BCUT2D eigenvalue weighted by molar-refractivity contribution is -0.115. The first-order valence-corrected chi connectivity index (χ1v) is 7.99. The molecule has 0 unspecified atom stereocenters. The molecule has 124 valence electrons. The number of aromatic nitrogens is 1. The van der Waals surface area contributed by atoms with Crippen LogP contribution in [0.4, 0.5) is 5.13 Å². The minimum Gasteiger partial charge on any atom is -0.493 e. The van der Waals surface area contributed by atoms with E-state index >= 15 is 0 Å². The first kappa shape index (κ1) is 17.2. The fraction of sp³-hybridized carbons (Fsp3) is 0.375. The number of methoxy groups -OCH3 is 2. The summed E-state index contributed by atoms with van der Waals surface area (Å²) >= 11 is 1.43. The Bertz CT molecular complexity index is 670. The van der Waals surface area contributed by atoms with Crippen LogP contribution in [0.5, 0.6) is 11.5 Å². The molecule has 1 aromatic carbocycles. The Hall–Kier alpha value is -2.12. The third kappa shape index (κ3) is 4.94. The molecule has 1 heterocycles. The van der Waals surface area contributed by atoms with Gasteiger partial charge in [0.05, 0.1) is 26.3 Å². The van der Waals surface area contributed by atoms with Crippen LogP contribution in [-0.2, 0) is 17.8 Å². The summed E-state index contributed by atoms with van der Waals surface area (Å²) in [6.45, 7) is 0.752. The highest BCUT2D eigenvalue weighted by molar-refractivity contribution is 7.13. The third-order valence-corrected chi connectivity index (χ3v) is 3.90. The normalized spacial score (nSPS) is 10.7. The maximum atomic E-state index is 12.1. The lowest BCUT2D eigenvalue weighted by atomic mass is 10.1. The van der Waals surface area contributed by atoms with Crippen molar-refractivity contribution < 1.29 is 14.3 Å². The van der Waals surface area contributed by atoms with Crippen molar-refractivity contribution in [3.8, 4) is 11.5 Å². The molecule has 2 rings (SSSR count). The number of anilines is 1. The Morgan fingerprint density at radius 1 is 1.26 bits per heavy atom. The van der Waals surface area contributed by atoms with Gasteiger partial charge in [-0.05, 0) is 31.8 Å². The lowest BCUT2D eigenvalue weighted by Crippen LogP contribution is -2.15. The molecule has 7 heteroatoms. The van der Waals surface area contributed by atoms with E-state index in [4.69, 9.17) is 9.47 Å². The molecule has 0 bridgehead atoms. The van der Waals surface area contributed by atoms with Crippen LogP contribution in [0, 0.1) is 0 Å². The summed E-state index contributed by atoms with van der Waals surface area (Å²) in [6.07, 6.45) is 0.253. The van der Waals surface area contributed by atoms with Crippen molar-refractivity contribution in [2.24, 2.45) is 0 Å². The molecule has 1 amide bonds. The molecule has 0 atom stereocenters. The number of nitrogens with one attached hydrogen (secondary N) is 1. The Kier molecular flexibility index (Phi) is 5.95. The van der Waals surface area contributed by atoms with Gasteiger partial charge in [0.1, 0.15) is 0 Å². The van der Waals surface area contributed by atoms with Gasteiger partial charge < -0.3 is 19.7 Å². The number of benzene rings is 1. The molecule has 6 nitrogen and oxygen atoms in total. The second kappa shape index (κ2) is 7.94. The monoisotopic (exact) mass is 335 g/mol. The molecular formula is C16H21N3O3S. The van der Waals surface area contributed by atoms with Gasteiger partial charge >= 0.3 is 0 Å². The number of nitrogens with zero attached hydrogens (tertiary/aromatic N) is 2. The molecule has 0 radical (unpaired) electrons. The van der Waals surface area contributed by atoms with Gasteiger partial charge in [0.2, 0.25) is 5.91 Å². The minimum absolute atomic E-state index is 0.108. The molecule has 0 aliphatic rings. The van der Waals surface area contributed by atoms with E-state index in [1.807, 2.05) is 30.4 Å². The molecule has 0 aliphatic carbocycles. The quantitative estimate of drug-likeness (QED) is 0.842. The van der Waals surface area contributed by atoms with Crippen molar-refractivity contribution in [3.05, 3.63) is 34.8 Å². The molecule has 0 aliphatic heterocycles. The van der Waals surface area contributed by atoms with Crippen molar-refractivity contribution >= 4 is 22.4 Å². The van der Waals surface area contributed by atoms with Gasteiger partial charge in [-0.1, -0.05) is 6.07 Å². The van der Waals surface area contributed by atoms with Gasteiger partial charge in [0, 0.05) is 11.9 Å². The predicted molar refractivity (Wildman–Crippen MR) is 91.4 cm³/mol. The van der Waals surface area contributed by atoms with Crippen LogP contribution in [0.2, 0.25) is 0 Å². The second-order valence-corrected chi connectivity index (χ2v) is 6.15.